The second-order valence-corrected chi connectivity index (χ2v) is 12.2. The molecule has 0 aliphatic rings. The van der Waals surface area contributed by atoms with Gasteiger partial charge in [-0.2, -0.15) is 0 Å². The monoisotopic (exact) mass is 603 g/mol. The van der Waals surface area contributed by atoms with Gasteiger partial charge in [0.05, 0.1) is 15.9 Å². The number of sulfone groups is 1. The first-order valence-corrected chi connectivity index (χ1v) is 15.2. The van der Waals surface area contributed by atoms with Crippen LogP contribution in [0.3, 0.4) is 0 Å². The van der Waals surface area contributed by atoms with Crippen molar-refractivity contribution in [1.29, 1.82) is 0 Å². The van der Waals surface area contributed by atoms with Gasteiger partial charge in [0, 0.05) is 24.7 Å². The molecule has 4 aromatic carbocycles. The Morgan fingerprint density at radius 2 is 1.60 bits per heavy atom. The predicted molar refractivity (Wildman–Crippen MR) is 159 cm³/mol. The zero-order valence-corrected chi connectivity index (χ0v) is 24.2. The van der Waals surface area contributed by atoms with Gasteiger partial charge >= 0.3 is 0 Å². The van der Waals surface area contributed by atoms with Crippen LogP contribution < -0.4 is 4.74 Å². The van der Waals surface area contributed by atoms with Gasteiger partial charge < -0.3 is 9.84 Å². The Balaban J connectivity index is 1.22. The topological polar surface area (TPSA) is 121 Å². The summed E-state index contributed by atoms with van der Waals surface area (Å²) in [5.41, 5.74) is 2.90. The summed E-state index contributed by atoms with van der Waals surface area (Å²) in [6.45, 7) is 1.91. The molecule has 0 bridgehead atoms. The Labute approximate surface area is 249 Å². The lowest BCUT2D eigenvalue weighted by Gasteiger charge is -2.25. The summed E-state index contributed by atoms with van der Waals surface area (Å²) in [5, 5.41) is 24.8. The summed E-state index contributed by atoms with van der Waals surface area (Å²) >= 11 is 6.14. The van der Waals surface area contributed by atoms with Crippen molar-refractivity contribution in [2.24, 2.45) is 0 Å². The van der Waals surface area contributed by atoms with E-state index in [2.05, 4.69) is 37.7 Å². The lowest BCUT2D eigenvalue weighted by molar-refractivity contribution is 0.109. The molecule has 0 aliphatic heterocycles. The van der Waals surface area contributed by atoms with Crippen LogP contribution in [-0.2, 0) is 29.4 Å². The van der Waals surface area contributed by atoms with Crippen molar-refractivity contribution in [3.05, 3.63) is 131 Å². The number of nitrogens with one attached hydrogen (secondary N) is 1. The molecule has 5 rings (SSSR count). The number of rotatable bonds is 13. The normalized spacial score (nSPS) is 12.4. The molecule has 9 nitrogen and oxygen atoms in total. The number of ether oxygens (including phenoxy) is 1. The Kier molecular flexibility index (Phi) is 9.60. The lowest BCUT2D eigenvalue weighted by atomic mass is 10.1. The van der Waals surface area contributed by atoms with E-state index in [1.54, 1.807) is 36.4 Å². The summed E-state index contributed by atoms with van der Waals surface area (Å²) in [6, 6.07) is 30.5. The van der Waals surface area contributed by atoms with Crippen LogP contribution in [0.1, 0.15) is 28.6 Å². The van der Waals surface area contributed by atoms with E-state index in [4.69, 9.17) is 16.3 Å². The van der Waals surface area contributed by atoms with E-state index < -0.39 is 15.9 Å². The van der Waals surface area contributed by atoms with Crippen LogP contribution in [0.5, 0.6) is 5.75 Å². The third-order valence-electron chi connectivity index (χ3n) is 6.76. The number of H-pyrrole nitrogens is 1. The van der Waals surface area contributed by atoms with Crippen LogP contribution in [0.2, 0.25) is 5.02 Å². The van der Waals surface area contributed by atoms with Crippen molar-refractivity contribution >= 4 is 21.4 Å². The number of aliphatic hydroxyl groups excluding tert-OH is 1. The number of hydrogen-bond acceptors (Lipinski definition) is 8. The van der Waals surface area contributed by atoms with Crippen LogP contribution in [0.4, 0.5) is 0 Å². The maximum Gasteiger partial charge on any atom is 0.206 e. The first-order chi connectivity index (χ1) is 20.4. The molecule has 11 heteroatoms. The van der Waals surface area contributed by atoms with E-state index >= 15 is 0 Å². The highest BCUT2D eigenvalue weighted by atomic mass is 35.5. The van der Waals surface area contributed by atoms with Gasteiger partial charge in [0.2, 0.25) is 9.84 Å². The first kappa shape index (κ1) is 29.4. The van der Waals surface area contributed by atoms with E-state index in [9.17, 15) is 13.5 Å². The highest BCUT2D eigenvalue weighted by Gasteiger charge is 2.19. The van der Waals surface area contributed by atoms with Crippen molar-refractivity contribution in [2.75, 3.05) is 13.1 Å². The molecule has 1 atom stereocenters. The van der Waals surface area contributed by atoms with Crippen LogP contribution in [0, 0.1) is 0 Å². The lowest BCUT2D eigenvalue weighted by Crippen LogP contribution is -2.30. The van der Waals surface area contributed by atoms with E-state index in [0.29, 0.717) is 42.7 Å². The third kappa shape index (κ3) is 7.80. The van der Waals surface area contributed by atoms with Gasteiger partial charge in [0.15, 0.2) is 5.82 Å². The summed E-state index contributed by atoms with van der Waals surface area (Å²) in [5.74, 6) is 0.966. The molecule has 0 amide bonds. The fourth-order valence-electron chi connectivity index (χ4n) is 4.51. The van der Waals surface area contributed by atoms with Gasteiger partial charge in [-0.15, -0.1) is 5.10 Å². The minimum absolute atomic E-state index is 0.142. The number of aromatic amines is 1. The smallest absolute Gasteiger partial charge is 0.206 e. The van der Waals surface area contributed by atoms with Crippen molar-refractivity contribution in [3.8, 4) is 5.75 Å². The molecule has 0 saturated carbocycles. The average Bonchev–Trinajstić information content (AvgIpc) is 3.54. The van der Waals surface area contributed by atoms with Gasteiger partial charge in [0.1, 0.15) is 12.4 Å². The second-order valence-electron chi connectivity index (χ2n) is 9.80. The number of benzene rings is 4. The number of aromatic nitrogens is 4. The molecule has 0 unspecified atom stereocenters. The van der Waals surface area contributed by atoms with E-state index in [0.717, 1.165) is 16.7 Å². The molecule has 0 radical (unpaired) electrons. The number of halogens is 1. The molecule has 0 spiro atoms. The molecule has 2 N–H and O–H groups in total. The standard InChI is InChI=1S/C31H30ClN5O4S/c32-26-8-4-7-25(19-26)30(38)21-37(20-24-5-2-1-3-6-24)18-17-23-9-13-28(14-10-23)42(39,40)29-15-11-27(12-16-29)41-22-31-33-35-36-34-31/h1-16,19,30,38H,17-18,20-22H2,(H,33,34,35,36)/t30-/m0/s1. The summed E-state index contributed by atoms with van der Waals surface area (Å²) in [7, 11) is -3.70. The Morgan fingerprint density at radius 1 is 0.881 bits per heavy atom. The van der Waals surface area contributed by atoms with Crippen LogP contribution in [0.25, 0.3) is 0 Å². The van der Waals surface area contributed by atoms with Gasteiger partial charge in [0.25, 0.3) is 0 Å². The van der Waals surface area contributed by atoms with Crippen molar-refractivity contribution in [3.63, 3.8) is 0 Å². The summed E-state index contributed by atoms with van der Waals surface area (Å²) < 4.78 is 32.0. The molecule has 1 aromatic heterocycles. The highest BCUT2D eigenvalue weighted by Crippen LogP contribution is 2.24. The van der Waals surface area contributed by atoms with Gasteiger partial charge in [-0.05, 0) is 82.1 Å². The Bertz CT molecular complexity index is 1670. The summed E-state index contributed by atoms with van der Waals surface area (Å²) in [4.78, 5) is 2.58. The quantitative estimate of drug-likeness (QED) is 0.192. The highest BCUT2D eigenvalue weighted by molar-refractivity contribution is 7.91. The van der Waals surface area contributed by atoms with Gasteiger partial charge in [-0.25, -0.2) is 13.5 Å². The molecule has 42 heavy (non-hydrogen) atoms. The number of aliphatic hydroxyl groups is 1. The molecule has 0 fully saturated rings. The maximum atomic E-state index is 13.2. The molecule has 0 saturated heterocycles. The molecule has 1 heterocycles. The zero-order valence-electron chi connectivity index (χ0n) is 22.7. The SMILES string of the molecule is O=S(=O)(c1ccc(CCN(Cc2ccccc2)C[C@H](O)c2cccc(Cl)c2)cc1)c1ccc(OCc2nnn[nH]2)cc1. The largest absolute Gasteiger partial charge is 0.486 e. The Morgan fingerprint density at radius 3 is 2.26 bits per heavy atom. The van der Waals surface area contributed by atoms with Crippen LogP contribution in [0.15, 0.2) is 113 Å². The van der Waals surface area contributed by atoms with Crippen molar-refractivity contribution in [2.45, 2.75) is 35.5 Å². The fraction of sp³-hybridized carbons (Fsp3) is 0.194. The maximum absolute atomic E-state index is 13.2. The van der Waals surface area contributed by atoms with Gasteiger partial charge in [-0.1, -0.05) is 66.2 Å². The van der Waals surface area contributed by atoms with Crippen molar-refractivity contribution < 1.29 is 18.3 Å². The van der Waals surface area contributed by atoms with Crippen LogP contribution in [-0.4, -0.2) is 52.1 Å². The predicted octanol–water partition coefficient (Wildman–Crippen LogP) is 5.04. The molecule has 216 valence electrons. The Hall–Kier alpha value is -4.09. The van der Waals surface area contributed by atoms with Crippen LogP contribution >= 0.6 is 11.6 Å². The number of tetrazole rings is 1. The second kappa shape index (κ2) is 13.7. The minimum Gasteiger partial charge on any atom is -0.486 e. The molecular weight excluding hydrogens is 574 g/mol. The first-order valence-electron chi connectivity index (χ1n) is 13.4. The zero-order chi connectivity index (χ0) is 29.4. The number of nitrogens with zero attached hydrogens (tertiary/aromatic N) is 4. The van der Waals surface area contributed by atoms with Crippen molar-refractivity contribution in [1.82, 2.24) is 25.5 Å². The minimum atomic E-state index is -3.70. The van der Waals surface area contributed by atoms with E-state index in [1.807, 2.05) is 42.5 Å². The molecule has 0 aliphatic carbocycles. The molecular formula is C31H30ClN5O4S. The summed E-state index contributed by atoms with van der Waals surface area (Å²) in [6.07, 6.45) is -0.0156. The molecule has 5 aromatic rings. The van der Waals surface area contributed by atoms with E-state index in [-0.39, 0.29) is 16.4 Å². The van der Waals surface area contributed by atoms with E-state index in [1.165, 1.54) is 12.1 Å². The fourth-order valence-corrected chi connectivity index (χ4v) is 5.97. The van der Waals surface area contributed by atoms with Gasteiger partial charge in [-0.3, -0.25) is 4.90 Å². The average molecular weight is 604 g/mol. The third-order valence-corrected chi connectivity index (χ3v) is 8.78. The number of hydrogen-bond donors (Lipinski definition) is 2.